The van der Waals surface area contributed by atoms with Crippen molar-refractivity contribution in [2.24, 2.45) is 0 Å². The fraction of sp³-hybridized carbons (Fsp3) is 0.0500. The summed E-state index contributed by atoms with van der Waals surface area (Å²) in [6.45, 7) is 0. The SMILES string of the molecule is O=C(Oc1c(F)c(F)c(F)c(F)c1F)c1cccc2c1Cc1ccccc1O2. The Morgan fingerprint density at radius 1 is 0.786 bits per heavy atom. The van der Waals surface area contributed by atoms with Gasteiger partial charge in [-0.15, -0.1) is 0 Å². The van der Waals surface area contributed by atoms with Gasteiger partial charge in [-0.3, -0.25) is 0 Å². The van der Waals surface area contributed by atoms with Gasteiger partial charge in [0.25, 0.3) is 0 Å². The monoisotopic (exact) mass is 392 g/mol. The molecule has 0 spiro atoms. The van der Waals surface area contributed by atoms with Gasteiger partial charge in [0.2, 0.25) is 34.8 Å². The summed E-state index contributed by atoms with van der Waals surface area (Å²) in [5.41, 5.74) is 1.01. The van der Waals surface area contributed by atoms with E-state index in [0.29, 0.717) is 17.1 Å². The number of ether oxygens (including phenoxy) is 2. The standard InChI is InChI=1S/C20H9F5O3/c21-14-15(22)17(24)19(18(25)16(14)23)28-20(26)10-5-3-7-13-11(10)8-9-4-1-2-6-12(9)27-13/h1-7H,8H2. The number of benzene rings is 3. The highest BCUT2D eigenvalue weighted by Gasteiger charge is 2.30. The van der Waals surface area contributed by atoms with Crippen LogP contribution in [0, 0.1) is 29.1 Å². The summed E-state index contributed by atoms with van der Waals surface area (Å²) < 4.78 is 77.6. The third-order valence-electron chi connectivity index (χ3n) is 4.28. The molecule has 0 amide bonds. The molecule has 1 heterocycles. The second-order valence-electron chi connectivity index (χ2n) is 5.96. The highest BCUT2D eigenvalue weighted by atomic mass is 19.2. The third kappa shape index (κ3) is 2.77. The topological polar surface area (TPSA) is 35.5 Å². The molecule has 0 N–H and O–H groups in total. The van der Waals surface area contributed by atoms with Gasteiger partial charge in [0.15, 0.2) is 0 Å². The number of halogens is 5. The predicted octanol–water partition coefficient (Wildman–Crippen LogP) is 5.30. The molecule has 3 aromatic carbocycles. The van der Waals surface area contributed by atoms with E-state index in [1.807, 2.05) is 0 Å². The maximum absolute atomic E-state index is 13.8. The number of fused-ring (bicyclic) bond motifs is 2. The zero-order valence-corrected chi connectivity index (χ0v) is 13.9. The summed E-state index contributed by atoms with van der Waals surface area (Å²) in [6.07, 6.45) is 0.258. The van der Waals surface area contributed by atoms with Crippen molar-refractivity contribution in [1.82, 2.24) is 0 Å². The molecule has 0 saturated carbocycles. The second-order valence-corrected chi connectivity index (χ2v) is 5.96. The summed E-state index contributed by atoms with van der Waals surface area (Å²) in [7, 11) is 0. The average Bonchev–Trinajstić information content (AvgIpc) is 2.71. The number of carbonyl (C=O) groups is 1. The first-order chi connectivity index (χ1) is 13.4. The van der Waals surface area contributed by atoms with Gasteiger partial charge < -0.3 is 9.47 Å². The molecule has 3 aromatic rings. The number of hydrogen-bond acceptors (Lipinski definition) is 3. The molecule has 28 heavy (non-hydrogen) atoms. The zero-order valence-electron chi connectivity index (χ0n) is 13.9. The van der Waals surface area contributed by atoms with E-state index in [-0.39, 0.29) is 12.0 Å². The second kappa shape index (κ2) is 6.63. The normalized spacial score (nSPS) is 12.0. The lowest BCUT2D eigenvalue weighted by atomic mass is 9.96. The van der Waals surface area contributed by atoms with Crippen LogP contribution in [0.1, 0.15) is 21.5 Å². The van der Waals surface area contributed by atoms with Crippen molar-refractivity contribution >= 4 is 5.97 Å². The summed E-state index contributed by atoms with van der Waals surface area (Å²) >= 11 is 0. The van der Waals surface area contributed by atoms with Gasteiger partial charge in [0.05, 0.1) is 5.56 Å². The van der Waals surface area contributed by atoms with Crippen molar-refractivity contribution in [3.63, 3.8) is 0 Å². The minimum Gasteiger partial charge on any atom is -0.457 e. The highest BCUT2D eigenvalue weighted by molar-refractivity contribution is 5.94. The number of rotatable bonds is 2. The minimum absolute atomic E-state index is 0.115. The van der Waals surface area contributed by atoms with Gasteiger partial charge in [-0.25, -0.2) is 18.0 Å². The van der Waals surface area contributed by atoms with Crippen molar-refractivity contribution in [2.45, 2.75) is 6.42 Å². The first-order valence-corrected chi connectivity index (χ1v) is 7.99. The highest BCUT2D eigenvalue weighted by Crippen LogP contribution is 2.38. The molecule has 1 aliphatic heterocycles. The third-order valence-corrected chi connectivity index (χ3v) is 4.28. The Hall–Kier alpha value is -3.42. The van der Waals surface area contributed by atoms with Gasteiger partial charge in [-0.2, -0.15) is 8.78 Å². The Morgan fingerprint density at radius 2 is 1.39 bits per heavy atom. The maximum atomic E-state index is 13.8. The molecule has 3 nitrogen and oxygen atoms in total. The zero-order chi connectivity index (χ0) is 20.0. The minimum atomic E-state index is -2.34. The molecule has 8 heteroatoms. The Kier molecular flexibility index (Phi) is 4.26. The van der Waals surface area contributed by atoms with Crippen LogP contribution in [0.15, 0.2) is 42.5 Å². The van der Waals surface area contributed by atoms with Crippen LogP contribution in [0.3, 0.4) is 0 Å². The Morgan fingerprint density at radius 3 is 2.11 bits per heavy atom. The van der Waals surface area contributed by atoms with Crippen LogP contribution in [0.25, 0.3) is 0 Å². The first-order valence-electron chi connectivity index (χ1n) is 7.99. The number of hydrogen-bond donors (Lipinski definition) is 0. The molecular weight excluding hydrogens is 383 g/mol. The number of carbonyl (C=O) groups excluding carboxylic acids is 1. The van der Waals surface area contributed by atoms with Crippen LogP contribution in [-0.2, 0) is 6.42 Å². The van der Waals surface area contributed by atoms with Crippen molar-refractivity contribution in [3.8, 4) is 17.2 Å². The van der Waals surface area contributed by atoms with Crippen LogP contribution in [-0.4, -0.2) is 5.97 Å². The molecule has 0 fully saturated rings. The van der Waals surface area contributed by atoms with E-state index < -0.39 is 40.8 Å². The molecule has 0 aliphatic carbocycles. The van der Waals surface area contributed by atoms with Gasteiger partial charge in [-0.1, -0.05) is 24.3 Å². The van der Waals surface area contributed by atoms with Crippen molar-refractivity contribution in [1.29, 1.82) is 0 Å². The van der Waals surface area contributed by atoms with E-state index in [4.69, 9.17) is 4.74 Å². The lowest BCUT2D eigenvalue weighted by molar-refractivity contribution is 0.0714. The van der Waals surface area contributed by atoms with E-state index in [9.17, 15) is 26.7 Å². The summed E-state index contributed by atoms with van der Waals surface area (Å²) in [4.78, 5) is 12.5. The van der Waals surface area contributed by atoms with Crippen LogP contribution in [0.5, 0.6) is 17.2 Å². The molecule has 0 aromatic heterocycles. The van der Waals surface area contributed by atoms with Crippen molar-refractivity contribution < 1.29 is 36.2 Å². The Balaban J connectivity index is 1.73. The van der Waals surface area contributed by atoms with E-state index in [0.717, 1.165) is 5.56 Å². The Labute approximate surface area is 154 Å². The lowest BCUT2D eigenvalue weighted by Crippen LogP contribution is -2.17. The molecule has 4 rings (SSSR count). The molecule has 0 bridgehead atoms. The quantitative estimate of drug-likeness (QED) is 0.153. The largest absolute Gasteiger partial charge is 0.457 e. The van der Waals surface area contributed by atoms with Gasteiger partial charge in [-0.05, 0) is 23.8 Å². The lowest BCUT2D eigenvalue weighted by Gasteiger charge is -2.22. The van der Waals surface area contributed by atoms with Crippen LogP contribution in [0.4, 0.5) is 22.0 Å². The number of para-hydroxylation sites is 1. The smallest absolute Gasteiger partial charge is 0.344 e. The molecule has 0 atom stereocenters. The summed E-state index contributed by atoms with van der Waals surface area (Å²) in [6, 6.07) is 11.4. The first kappa shape index (κ1) is 18.0. The van der Waals surface area contributed by atoms with E-state index in [1.165, 1.54) is 12.1 Å². The molecular formula is C20H9F5O3. The molecule has 0 saturated heterocycles. The Bertz CT molecular complexity index is 1100. The van der Waals surface area contributed by atoms with Crippen LogP contribution < -0.4 is 9.47 Å². The fourth-order valence-electron chi connectivity index (χ4n) is 2.92. The van der Waals surface area contributed by atoms with E-state index in [2.05, 4.69) is 4.74 Å². The van der Waals surface area contributed by atoms with Gasteiger partial charge in [0.1, 0.15) is 11.5 Å². The fourth-order valence-corrected chi connectivity index (χ4v) is 2.92. The van der Waals surface area contributed by atoms with Gasteiger partial charge >= 0.3 is 5.97 Å². The molecule has 1 aliphatic rings. The molecule has 0 radical (unpaired) electrons. The summed E-state index contributed by atoms with van der Waals surface area (Å²) in [5, 5.41) is 0. The molecule has 0 unspecified atom stereocenters. The number of esters is 1. The van der Waals surface area contributed by atoms with Gasteiger partial charge in [0, 0.05) is 12.0 Å². The average molecular weight is 392 g/mol. The van der Waals surface area contributed by atoms with E-state index >= 15 is 0 Å². The van der Waals surface area contributed by atoms with Crippen LogP contribution in [0.2, 0.25) is 0 Å². The van der Waals surface area contributed by atoms with Crippen LogP contribution >= 0.6 is 0 Å². The predicted molar refractivity (Wildman–Crippen MR) is 87.0 cm³/mol. The van der Waals surface area contributed by atoms with E-state index in [1.54, 1.807) is 30.3 Å². The maximum Gasteiger partial charge on any atom is 0.344 e. The molecule has 142 valence electrons. The summed E-state index contributed by atoms with van der Waals surface area (Å²) in [5.74, 6) is -13.2. The van der Waals surface area contributed by atoms with Crippen molar-refractivity contribution in [2.75, 3.05) is 0 Å². The van der Waals surface area contributed by atoms with Crippen molar-refractivity contribution in [3.05, 3.63) is 88.2 Å².